The van der Waals surface area contributed by atoms with Gasteiger partial charge in [0, 0.05) is 31.2 Å². The molecule has 8 heteroatoms. The van der Waals surface area contributed by atoms with Gasteiger partial charge < -0.3 is 9.64 Å². The summed E-state index contributed by atoms with van der Waals surface area (Å²) in [4.78, 5) is 35.1. The topological polar surface area (TPSA) is 67.2 Å². The van der Waals surface area contributed by atoms with Crippen molar-refractivity contribution in [3.05, 3.63) is 23.0 Å². The fourth-order valence-corrected chi connectivity index (χ4v) is 5.19. The second kappa shape index (κ2) is 9.26. The number of thiazole rings is 1. The maximum absolute atomic E-state index is 13.4. The lowest BCUT2D eigenvalue weighted by Crippen LogP contribution is -2.38. The quantitative estimate of drug-likeness (QED) is 0.714. The normalized spacial score (nSPS) is 19.8. The average Bonchev–Trinajstić information content (AvgIpc) is 3.30. The number of carbonyl (C=O) groups is 2. The molecule has 0 N–H and O–H groups in total. The van der Waals surface area contributed by atoms with Crippen LogP contribution in [0.15, 0.2) is 11.6 Å². The van der Waals surface area contributed by atoms with Gasteiger partial charge in [0.2, 0.25) is 0 Å². The van der Waals surface area contributed by atoms with Crippen LogP contribution in [0.4, 0.5) is 0 Å². The van der Waals surface area contributed by atoms with Crippen molar-refractivity contribution in [2.24, 2.45) is 5.92 Å². The van der Waals surface area contributed by atoms with E-state index < -0.39 is 0 Å². The van der Waals surface area contributed by atoms with Gasteiger partial charge in [-0.3, -0.25) is 18.9 Å². The fraction of sp³-hybridized carbons (Fsp3) is 0.667. The molecule has 0 spiro atoms. The van der Waals surface area contributed by atoms with Crippen molar-refractivity contribution in [3.63, 3.8) is 0 Å². The van der Waals surface area contributed by atoms with Crippen LogP contribution in [0.2, 0.25) is 0 Å². The zero-order valence-corrected chi connectivity index (χ0v) is 18.0. The number of piperidine rings is 1. The zero-order chi connectivity index (χ0) is 20.2. The van der Waals surface area contributed by atoms with Gasteiger partial charge in [-0.05, 0) is 38.8 Å². The first-order valence-corrected chi connectivity index (χ1v) is 11.6. The summed E-state index contributed by atoms with van der Waals surface area (Å²) in [5.74, 6) is -0.0468. The molecule has 2 saturated heterocycles. The van der Waals surface area contributed by atoms with Crippen LogP contribution in [0.5, 0.6) is 0 Å². The van der Waals surface area contributed by atoms with Crippen molar-refractivity contribution < 1.29 is 14.3 Å². The van der Waals surface area contributed by atoms with Gasteiger partial charge >= 0.3 is 5.97 Å². The second-order valence-electron chi connectivity index (χ2n) is 8.10. The minimum absolute atomic E-state index is 0.00926. The molecule has 2 aromatic rings. The van der Waals surface area contributed by atoms with Gasteiger partial charge in [-0.2, -0.15) is 0 Å². The highest BCUT2D eigenvalue weighted by atomic mass is 32.1. The molecule has 2 fully saturated rings. The number of hydrogen-bond acceptors (Lipinski definition) is 6. The van der Waals surface area contributed by atoms with Crippen LogP contribution in [0.3, 0.4) is 0 Å². The van der Waals surface area contributed by atoms with Gasteiger partial charge in [-0.25, -0.2) is 4.98 Å². The third-order valence-electron chi connectivity index (χ3n) is 6.20. The van der Waals surface area contributed by atoms with Gasteiger partial charge in [0.25, 0.3) is 5.91 Å². The summed E-state index contributed by atoms with van der Waals surface area (Å²) in [6.07, 6.45) is 9.42. The van der Waals surface area contributed by atoms with E-state index in [9.17, 15) is 9.59 Å². The third-order valence-corrected chi connectivity index (χ3v) is 6.96. The largest absolute Gasteiger partial charge is 0.469 e. The Morgan fingerprint density at radius 1 is 1.10 bits per heavy atom. The second-order valence-corrected chi connectivity index (χ2v) is 8.97. The van der Waals surface area contributed by atoms with E-state index in [0.29, 0.717) is 12.2 Å². The Hall–Kier alpha value is -1.93. The Labute approximate surface area is 175 Å². The van der Waals surface area contributed by atoms with Gasteiger partial charge in [0.05, 0.1) is 18.7 Å². The number of hydrogen-bond donors (Lipinski definition) is 0. The molecule has 2 aliphatic heterocycles. The predicted octanol–water partition coefficient (Wildman–Crippen LogP) is 3.19. The Balaban J connectivity index is 1.51. The lowest BCUT2D eigenvalue weighted by atomic mass is 9.97. The van der Waals surface area contributed by atoms with Crippen LogP contribution in [-0.4, -0.2) is 64.3 Å². The molecule has 158 valence electrons. The Morgan fingerprint density at radius 3 is 2.48 bits per heavy atom. The molecule has 4 heterocycles. The Morgan fingerprint density at radius 2 is 1.79 bits per heavy atom. The monoisotopic (exact) mass is 418 g/mol. The van der Waals surface area contributed by atoms with Gasteiger partial charge in [0.1, 0.15) is 0 Å². The lowest BCUT2D eigenvalue weighted by molar-refractivity contribution is -0.147. The minimum atomic E-state index is -0.109. The van der Waals surface area contributed by atoms with E-state index in [1.54, 1.807) is 11.3 Å². The highest BCUT2D eigenvalue weighted by molar-refractivity contribution is 7.15. The van der Waals surface area contributed by atoms with Crippen LogP contribution < -0.4 is 0 Å². The van der Waals surface area contributed by atoms with Gasteiger partial charge in [-0.15, -0.1) is 11.3 Å². The number of nitrogens with zero attached hydrogens (tertiary/aromatic N) is 4. The molecule has 0 atom stereocenters. The number of likely N-dealkylation sites (tertiary alicyclic amines) is 2. The summed E-state index contributed by atoms with van der Waals surface area (Å²) in [5, 5.41) is 2.01. The molecule has 0 radical (unpaired) electrons. The molecule has 4 rings (SSSR count). The van der Waals surface area contributed by atoms with E-state index in [1.165, 1.54) is 26.4 Å². The van der Waals surface area contributed by atoms with Crippen LogP contribution in [0, 0.1) is 5.92 Å². The molecule has 1 amide bonds. The summed E-state index contributed by atoms with van der Waals surface area (Å²) in [6, 6.07) is 0. The van der Waals surface area contributed by atoms with E-state index in [4.69, 9.17) is 9.72 Å². The molecule has 2 aliphatic rings. The zero-order valence-electron chi connectivity index (χ0n) is 17.1. The first-order chi connectivity index (χ1) is 14.2. The minimum Gasteiger partial charge on any atom is -0.469 e. The first kappa shape index (κ1) is 20.3. The summed E-state index contributed by atoms with van der Waals surface area (Å²) in [7, 11) is 1.46. The van der Waals surface area contributed by atoms with E-state index in [2.05, 4.69) is 9.30 Å². The molecule has 0 saturated carbocycles. The number of ether oxygens (including phenoxy) is 1. The number of imidazole rings is 1. The molecule has 29 heavy (non-hydrogen) atoms. The Bertz CT molecular complexity index is 845. The number of aromatic nitrogens is 2. The molecule has 2 aromatic heterocycles. The van der Waals surface area contributed by atoms with Crippen molar-refractivity contribution in [3.8, 4) is 0 Å². The number of fused-ring (bicyclic) bond motifs is 1. The summed E-state index contributed by atoms with van der Waals surface area (Å²) in [5.41, 5.74) is 1.58. The van der Waals surface area contributed by atoms with E-state index in [-0.39, 0.29) is 17.8 Å². The van der Waals surface area contributed by atoms with Gasteiger partial charge in [-0.1, -0.05) is 19.3 Å². The lowest BCUT2D eigenvalue weighted by Gasteiger charge is -2.30. The Kier molecular flexibility index (Phi) is 6.50. The van der Waals surface area contributed by atoms with E-state index in [1.807, 2.05) is 16.5 Å². The number of esters is 1. The molecular formula is C21H30N4O3S. The SMILES string of the molecule is COC(=O)C1CCN(Cc2c(C(=O)N3CCCCCCC3)nc3sccn23)CC1. The van der Waals surface area contributed by atoms with Crippen molar-refractivity contribution >= 4 is 28.2 Å². The van der Waals surface area contributed by atoms with Crippen molar-refractivity contribution in [2.45, 2.75) is 51.5 Å². The summed E-state index contributed by atoms with van der Waals surface area (Å²) >= 11 is 1.56. The third kappa shape index (κ3) is 4.48. The fourth-order valence-electron chi connectivity index (χ4n) is 4.46. The van der Waals surface area contributed by atoms with Gasteiger partial charge in [0.15, 0.2) is 10.7 Å². The standard InChI is InChI=1S/C21H30N4O3S/c1-28-20(27)16-7-11-23(12-8-16)15-17-18(22-21-25(17)13-14-29-21)19(26)24-9-5-3-2-4-6-10-24/h13-14,16H,2-12,15H2,1H3. The molecule has 7 nitrogen and oxygen atoms in total. The average molecular weight is 419 g/mol. The van der Waals surface area contributed by atoms with Crippen molar-refractivity contribution in [1.29, 1.82) is 0 Å². The smallest absolute Gasteiger partial charge is 0.308 e. The molecule has 0 unspecified atom stereocenters. The molecule has 0 aromatic carbocycles. The predicted molar refractivity (Wildman–Crippen MR) is 112 cm³/mol. The highest BCUT2D eigenvalue weighted by Crippen LogP contribution is 2.25. The van der Waals surface area contributed by atoms with E-state index in [0.717, 1.165) is 62.5 Å². The van der Waals surface area contributed by atoms with Crippen molar-refractivity contribution in [1.82, 2.24) is 19.2 Å². The summed E-state index contributed by atoms with van der Waals surface area (Å²) < 4.78 is 6.96. The molecular weight excluding hydrogens is 388 g/mol. The van der Waals surface area contributed by atoms with Crippen molar-refractivity contribution in [2.75, 3.05) is 33.3 Å². The van der Waals surface area contributed by atoms with Crippen LogP contribution >= 0.6 is 11.3 Å². The number of amides is 1. The number of rotatable bonds is 4. The van der Waals surface area contributed by atoms with Crippen LogP contribution in [-0.2, 0) is 16.1 Å². The molecule has 0 aliphatic carbocycles. The maximum atomic E-state index is 13.4. The first-order valence-electron chi connectivity index (χ1n) is 10.7. The van der Waals surface area contributed by atoms with Crippen LogP contribution in [0.1, 0.15) is 61.1 Å². The summed E-state index contributed by atoms with van der Waals surface area (Å²) in [6.45, 7) is 3.99. The van der Waals surface area contributed by atoms with E-state index >= 15 is 0 Å². The highest BCUT2D eigenvalue weighted by Gasteiger charge is 2.29. The maximum Gasteiger partial charge on any atom is 0.308 e. The number of carbonyl (C=O) groups excluding carboxylic acids is 2. The van der Waals surface area contributed by atoms with Crippen LogP contribution in [0.25, 0.3) is 4.96 Å². The molecule has 0 bridgehead atoms. The number of methoxy groups -OCH3 is 1.